The Morgan fingerprint density at radius 1 is 0.971 bits per heavy atom. The van der Waals surface area contributed by atoms with Crippen molar-refractivity contribution >= 4 is 29.6 Å². The second-order valence-electron chi connectivity index (χ2n) is 8.30. The van der Waals surface area contributed by atoms with Crippen LogP contribution in [0.3, 0.4) is 0 Å². The number of aliphatic imine (C=N–C) groups is 1. The molecular formula is C23H30N8O4. The highest BCUT2D eigenvalue weighted by Crippen LogP contribution is 2.18. The minimum Gasteiger partial charge on any atom is -0.443 e. The first-order valence-corrected chi connectivity index (χ1v) is 11.5. The van der Waals surface area contributed by atoms with Crippen LogP contribution in [0.4, 0.5) is 16.4 Å². The van der Waals surface area contributed by atoms with E-state index in [0.29, 0.717) is 39.4 Å². The Kier molecular flexibility index (Phi) is 7.93. The molecule has 0 saturated carbocycles. The number of nitrogens with two attached hydrogens (primary N) is 2. The lowest BCUT2D eigenvalue weighted by atomic mass is 10.1. The van der Waals surface area contributed by atoms with Gasteiger partial charge < -0.3 is 35.6 Å². The van der Waals surface area contributed by atoms with Crippen LogP contribution in [0, 0.1) is 0 Å². The van der Waals surface area contributed by atoms with Gasteiger partial charge in [0.05, 0.1) is 37.7 Å². The van der Waals surface area contributed by atoms with E-state index in [2.05, 4.69) is 24.8 Å². The summed E-state index contributed by atoms with van der Waals surface area (Å²) >= 11 is 0. The highest BCUT2D eigenvalue weighted by Gasteiger charge is 2.22. The number of anilines is 2. The van der Waals surface area contributed by atoms with Gasteiger partial charge in [0.1, 0.15) is 6.61 Å². The fourth-order valence-corrected chi connectivity index (χ4v) is 4.02. The molecule has 1 aromatic carbocycles. The molecule has 0 unspecified atom stereocenters. The molecular weight excluding hydrogens is 452 g/mol. The summed E-state index contributed by atoms with van der Waals surface area (Å²) in [5, 5.41) is 0. The number of guanidine groups is 1. The highest BCUT2D eigenvalue weighted by atomic mass is 16.5. The second-order valence-corrected chi connectivity index (χ2v) is 8.30. The molecule has 2 fully saturated rings. The van der Waals surface area contributed by atoms with Crippen molar-refractivity contribution in [2.24, 2.45) is 16.5 Å². The zero-order valence-corrected chi connectivity index (χ0v) is 19.5. The molecule has 12 nitrogen and oxygen atoms in total. The van der Waals surface area contributed by atoms with Gasteiger partial charge in [0, 0.05) is 39.3 Å². The van der Waals surface area contributed by atoms with Gasteiger partial charge in [-0.15, -0.1) is 4.99 Å². The Balaban J connectivity index is 1.25. The molecule has 3 heterocycles. The Labute approximate surface area is 203 Å². The van der Waals surface area contributed by atoms with Gasteiger partial charge in [-0.25, -0.2) is 14.8 Å². The van der Waals surface area contributed by atoms with Crippen molar-refractivity contribution in [2.45, 2.75) is 13.0 Å². The molecule has 2 saturated heterocycles. The molecule has 0 bridgehead atoms. The van der Waals surface area contributed by atoms with Crippen molar-refractivity contribution in [1.82, 2.24) is 14.9 Å². The number of aromatic nitrogens is 2. The molecule has 4 N–H and O–H groups in total. The van der Waals surface area contributed by atoms with Crippen molar-refractivity contribution < 1.29 is 19.1 Å². The number of hydrogen-bond donors (Lipinski definition) is 2. The predicted octanol–water partition coefficient (Wildman–Crippen LogP) is 0.115. The smallest absolute Gasteiger partial charge is 0.437 e. The number of piperazine rings is 1. The number of carbonyl (C=O) groups is 2. The quantitative estimate of drug-likeness (QED) is 0.429. The van der Waals surface area contributed by atoms with Gasteiger partial charge in [0.25, 0.3) is 0 Å². The van der Waals surface area contributed by atoms with Crippen LogP contribution in [0.5, 0.6) is 0 Å². The Bertz CT molecular complexity index is 1040. The average molecular weight is 483 g/mol. The molecule has 2 aliphatic rings. The van der Waals surface area contributed by atoms with Gasteiger partial charge >= 0.3 is 6.09 Å². The van der Waals surface area contributed by atoms with Crippen molar-refractivity contribution in [1.29, 1.82) is 0 Å². The molecule has 4 rings (SSSR count). The number of amides is 2. The lowest BCUT2D eigenvalue weighted by Crippen LogP contribution is -2.49. The Morgan fingerprint density at radius 2 is 1.66 bits per heavy atom. The van der Waals surface area contributed by atoms with Crippen molar-refractivity contribution in [2.75, 3.05) is 62.3 Å². The number of hydrogen-bond acceptors (Lipinski definition) is 8. The molecule has 1 aromatic heterocycles. The monoisotopic (exact) mass is 482 g/mol. The van der Waals surface area contributed by atoms with Gasteiger partial charge in [-0.1, -0.05) is 24.3 Å². The van der Waals surface area contributed by atoms with E-state index in [1.165, 1.54) is 0 Å². The van der Waals surface area contributed by atoms with E-state index in [1.807, 2.05) is 41.6 Å². The summed E-state index contributed by atoms with van der Waals surface area (Å²) < 4.78 is 10.4. The maximum Gasteiger partial charge on any atom is 0.437 e. The zero-order chi connectivity index (χ0) is 24.6. The van der Waals surface area contributed by atoms with Crippen LogP contribution in [-0.2, 0) is 27.3 Å². The molecule has 0 spiro atoms. The van der Waals surface area contributed by atoms with Crippen LogP contribution in [0.15, 0.2) is 41.7 Å². The molecule has 186 valence electrons. The first kappa shape index (κ1) is 24.2. The molecule has 0 aliphatic carbocycles. The first-order valence-electron chi connectivity index (χ1n) is 11.5. The number of nitrogens with zero attached hydrogens (tertiary/aromatic N) is 6. The largest absolute Gasteiger partial charge is 0.443 e. The third-order valence-corrected chi connectivity index (χ3v) is 5.85. The van der Waals surface area contributed by atoms with E-state index >= 15 is 0 Å². The third kappa shape index (κ3) is 6.79. The summed E-state index contributed by atoms with van der Waals surface area (Å²) in [5.41, 5.74) is 12.9. The van der Waals surface area contributed by atoms with Gasteiger partial charge in [0.2, 0.25) is 11.9 Å². The zero-order valence-electron chi connectivity index (χ0n) is 19.5. The average Bonchev–Trinajstić information content (AvgIpc) is 2.88. The van der Waals surface area contributed by atoms with E-state index < -0.39 is 6.09 Å². The SMILES string of the molecule is NC(N)=NC(=O)OCc1cccc(CC(=O)N2CCN(c3cnc(N4CCOCC4)nc3)CC2)c1. The highest BCUT2D eigenvalue weighted by molar-refractivity contribution is 5.87. The number of morpholine rings is 1. The molecule has 2 amide bonds. The third-order valence-electron chi connectivity index (χ3n) is 5.85. The van der Waals surface area contributed by atoms with Gasteiger partial charge in [-0.2, -0.15) is 0 Å². The van der Waals surface area contributed by atoms with Gasteiger partial charge in [0.15, 0.2) is 5.96 Å². The number of carbonyl (C=O) groups excluding carboxylic acids is 2. The summed E-state index contributed by atoms with van der Waals surface area (Å²) in [7, 11) is 0. The normalized spacial score (nSPS) is 16.1. The molecule has 12 heteroatoms. The number of ether oxygens (including phenoxy) is 2. The lowest BCUT2D eigenvalue weighted by molar-refractivity contribution is -0.130. The fraction of sp³-hybridized carbons (Fsp3) is 0.435. The van der Waals surface area contributed by atoms with Crippen LogP contribution in [0.25, 0.3) is 0 Å². The van der Waals surface area contributed by atoms with Crippen LogP contribution >= 0.6 is 0 Å². The second kappa shape index (κ2) is 11.5. The summed E-state index contributed by atoms with van der Waals surface area (Å²) in [4.78, 5) is 42.9. The van der Waals surface area contributed by atoms with Crippen LogP contribution in [-0.4, -0.2) is 85.3 Å². The molecule has 0 radical (unpaired) electrons. The number of benzene rings is 1. The maximum atomic E-state index is 12.9. The van der Waals surface area contributed by atoms with E-state index in [0.717, 1.165) is 35.9 Å². The van der Waals surface area contributed by atoms with E-state index in [1.54, 1.807) is 0 Å². The standard InChI is InChI=1S/C23H30N8O4/c24-21(25)28-23(33)35-16-18-3-1-2-17(12-18)13-20(32)30-6-4-29(5-7-30)19-14-26-22(27-15-19)31-8-10-34-11-9-31/h1-3,12,14-15H,4-11,13,16H2,(H4,24,25,28,33). The maximum absolute atomic E-state index is 12.9. The van der Waals surface area contributed by atoms with Crippen LogP contribution in [0.1, 0.15) is 11.1 Å². The van der Waals surface area contributed by atoms with E-state index in [-0.39, 0.29) is 24.9 Å². The van der Waals surface area contributed by atoms with E-state index in [9.17, 15) is 9.59 Å². The lowest BCUT2D eigenvalue weighted by Gasteiger charge is -2.36. The minimum atomic E-state index is -0.856. The summed E-state index contributed by atoms with van der Waals surface area (Å²) in [5.74, 6) is 0.421. The van der Waals surface area contributed by atoms with Crippen molar-refractivity contribution in [3.63, 3.8) is 0 Å². The minimum absolute atomic E-state index is 0.0166. The topological polar surface area (TPSA) is 152 Å². The van der Waals surface area contributed by atoms with Gasteiger partial charge in [-0.05, 0) is 11.1 Å². The molecule has 35 heavy (non-hydrogen) atoms. The Morgan fingerprint density at radius 3 is 2.34 bits per heavy atom. The molecule has 0 atom stereocenters. The van der Waals surface area contributed by atoms with E-state index in [4.69, 9.17) is 20.9 Å². The first-order chi connectivity index (χ1) is 17.0. The molecule has 2 aliphatic heterocycles. The van der Waals surface area contributed by atoms with Crippen molar-refractivity contribution in [3.05, 3.63) is 47.8 Å². The number of rotatable bonds is 6. The van der Waals surface area contributed by atoms with Crippen molar-refractivity contribution in [3.8, 4) is 0 Å². The predicted molar refractivity (Wildman–Crippen MR) is 130 cm³/mol. The summed E-state index contributed by atoms with van der Waals surface area (Å²) in [6, 6.07) is 7.35. The van der Waals surface area contributed by atoms with Crippen LogP contribution in [0.2, 0.25) is 0 Å². The van der Waals surface area contributed by atoms with Gasteiger partial charge in [-0.3, -0.25) is 4.79 Å². The molecule has 2 aromatic rings. The summed E-state index contributed by atoms with van der Waals surface area (Å²) in [6.45, 7) is 5.68. The fourth-order valence-electron chi connectivity index (χ4n) is 4.02. The van der Waals surface area contributed by atoms with Crippen LogP contribution < -0.4 is 21.3 Å². The summed E-state index contributed by atoms with van der Waals surface area (Å²) in [6.07, 6.45) is 3.11. The Hall–Kier alpha value is -3.93.